The Balaban J connectivity index is 1.94. The van der Waals surface area contributed by atoms with Crippen LogP contribution in [-0.4, -0.2) is 18.7 Å². The van der Waals surface area contributed by atoms with Crippen LogP contribution in [0.3, 0.4) is 0 Å². The molecular weight excluding hydrogens is 210 g/mol. The summed E-state index contributed by atoms with van der Waals surface area (Å²) in [5.74, 6) is 0.918. The van der Waals surface area contributed by atoms with Gasteiger partial charge < -0.3 is 10.1 Å². The summed E-state index contributed by atoms with van der Waals surface area (Å²) in [5.41, 5.74) is 1.29. The van der Waals surface area contributed by atoms with Gasteiger partial charge in [-0.3, -0.25) is 0 Å². The summed E-state index contributed by atoms with van der Waals surface area (Å²) in [6.07, 6.45) is 3.18. The van der Waals surface area contributed by atoms with Crippen molar-refractivity contribution >= 4 is 11.6 Å². The molecule has 3 rings (SSSR count). The molecule has 1 spiro atoms. The molecule has 2 aliphatic rings. The first kappa shape index (κ1) is 9.49. The molecular formula is C12H14ClNO. The second kappa shape index (κ2) is 3.39. The number of halogens is 1. The van der Waals surface area contributed by atoms with Gasteiger partial charge in [0, 0.05) is 6.42 Å². The first-order chi connectivity index (χ1) is 7.29. The molecule has 1 aromatic rings. The van der Waals surface area contributed by atoms with Crippen LogP contribution in [0.25, 0.3) is 0 Å². The number of nitrogens with one attached hydrogen (secondary N) is 1. The maximum Gasteiger partial charge on any atom is 0.142 e. The summed E-state index contributed by atoms with van der Waals surface area (Å²) in [6, 6.07) is 6.03. The Morgan fingerprint density at radius 1 is 1.27 bits per heavy atom. The van der Waals surface area contributed by atoms with E-state index in [2.05, 4.69) is 11.4 Å². The van der Waals surface area contributed by atoms with E-state index in [-0.39, 0.29) is 5.60 Å². The Labute approximate surface area is 94.6 Å². The second-order valence-electron chi connectivity index (χ2n) is 4.44. The number of para-hydroxylation sites is 1. The van der Waals surface area contributed by atoms with Gasteiger partial charge in [0.15, 0.2) is 0 Å². The summed E-state index contributed by atoms with van der Waals surface area (Å²) in [7, 11) is 0. The summed E-state index contributed by atoms with van der Waals surface area (Å²) >= 11 is 6.13. The lowest BCUT2D eigenvalue weighted by molar-refractivity contribution is 0.0600. The standard InChI is InChI=1S/C12H14ClNO/c13-10-3-1-2-9-8-12(15-11(9)10)4-6-14-7-5-12/h1-3,14H,4-8H2. The van der Waals surface area contributed by atoms with Crippen molar-refractivity contribution in [3.63, 3.8) is 0 Å². The average molecular weight is 224 g/mol. The molecule has 0 radical (unpaired) electrons. The zero-order valence-electron chi connectivity index (χ0n) is 8.55. The van der Waals surface area contributed by atoms with Crippen LogP contribution in [-0.2, 0) is 6.42 Å². The quantitative estimate of drug-likeness (QED) is 0.729. The summed E-state index contributed by atoms with van der Waals surface area (Å²) < 4.78 is 6.09. The SMILES string of the molecule is Clc1cccc2c1OC1(CCNCC1)C2. The van der Waals surface area contributed by atoms with Gasteiger partial charge in [-0.05, 0) is 37.6 Å². The van der Waals surface area contributed by atoms with E-state index in [4.69, 9.17) is 16.3 Å². The van der Waals surface area contributed by atoms with E-state index in [1.807, 2.05) is 12.1 Å². The molecule has 80 valence electrons. The zero-order valence-corrected chi connectivity index (χ0v) is 9.31. The third kappa shape index (κ3) is 1.52. The Morgan fingerprint density at radius 3 is 2.80 bits per heavy atom. The van der Waals surface area contributed by atoms with Crippen molar-refractivity contribution < 1.29 is 4.74 Å². The highest BCUT2D eigenvalue weighted by Crippen LogP contribution is 2.43. The van der Waals surface area contributed by atoms with Gasteiger partial charge in [-0.15, -0.1) is 0 Å². The smallest absolute Gasteiger partial charge is 0.142 e. The minimum absolute atomic E-state index is 0.0264. The monoisotopic (exact) mass is 223 g/mol. The molecule has 1 N–H and O–H groups in total. The maximum absolute atomic E-state index is 6.13. The summed E-state index contributed by atoms with van der Waals surface area (Å²) in [6.45, 7) is 2.09. The van der Waals surface area contributed by atoms with Crippen LogP contribution in [0.4, 0.5) is 0 Å². The van der Waals surface area contributed by atoms with E-state index >= 15 is 0 Å². The number of rotatable bonds is 0. The van der Waals surface area contributed by atoms with Crippen molar-refractivity contribution in [1.82, 2.24) is 5.32 Å². The fourth-order valence-corrected chi connectivity index (χ4v) is 2.80. The Kier molecular flexibility index (Phi) is 2.15. The molecule has 0 aliphatic carbocycles. The summed E-state index contributed by atoms with van der Waals surface area (Å²) in [5, 5.41) is 4.12. The van der Waals surface area contributed by atoms with E-state index in [0.29, 0.717) is 0 Å². The van der Waals surface area contributed by atoms with Crippen LogP contribution in [0.2, 0.25) is 5.02 Å². The normalized spacial score (nSPS) is 22.5. The predicted octanol–water partition coefficient (Wildman–Crippen LogP) is 2.40. The molecule has 2 nitrogen and oxygen atoms in total. The highest BCUT2D eigenvalue weighted by atomic mass is 35.5. The molecule has 0 bridgehead atoms. The largest absolute Gasteiger partial charge is 0.485 e. The summed E-state index contributed by atoms with van der Waals surface area (Å²) in [4.78, 5) is 0. The molecule has 0 atom stereocenters. The van der Waals surface area contributed by atoms with Gasteiger partial charge in [-0.25, -0.2) is 0 Å². The average Bonchev–Trinajstić information content (AvgIpc) is 2.59. The molecule has 1 aromatic carbocycles. The fraction of sp³-hybridized carbons (Fsp3) is 0.500. The van der Waals surface area contributed by atoms with E-state index in [0.717, 1.165) is 43.1 Å². The third-order valence-electron chi connectivity index (χ3n) is 3.39. The number of fused-ring (bicyclic) bond motifs is 1. The van der Waals surface area contributed by atoms with Gasteiger partial charge in [0.25, 0.3) is 0 Å². The first-order valence-corrected chi connectivity index (χ1v) is 5.84. The predicted molar refractivity (Wildman–Crippen MR) is 60.6 cm³/mol. The van der Waals surface area contributed by atoms with E-state index in [1.165, 1.54) is 5.56 Å². The van der Waals surface area contributed by atoms with Crippen LogP contribution in [0.5, 0.6) is 5.75 Å². The van der Waals surface area contributed by atoms with Gasteiger partial charge in [0.05, 0.1) is 5.02 Å². The second-order valence-corrected chi connectivity index (χ2v) is 4.85. The molecule has 0 saturated carbocycles. The van der Waals surface area contributed by atoms with E-state index in [1.54, 1.807) is 0 Å². The van der Waals surface area contributed by atoms with Crippen LogP contribution in [0, 0.1) is 0 Å². The molecule has 3 heteroatoms. The Bertz CT molecular complexity index is 385. The number of ether oxygens (including phenoxy) is 1. The number of hydrogen-bond donors (Lipinski definition) is 1. The lowest BCUT2D eigenvalue weighted by Crippen LogP contribution is -2.45. The lowest BCUT2D eigenvalue weighted by Gasteiger charge is -2.33. The van der Waals surface area contributed by atoms with Crippen LogP contribution < -0.4 is 10.1 Å². The highest BCUT2D eigenvalue weighted by molar-refractivity contribution is 6.32. The van der Waals surface area contributed by atoms with Crippen molar-refractivity contribution in [2.75, 3.05) is 13.1 Å². The van der Waals surface area contributed by atoms with Gasteiger partial charge in [0.2, 0.25) is 0 Å². The molecule has 1 fully saturated rings. The van der Waals surface area contributed by atoms with Gasteiger partial charge in [-0.2, -0.15) is 0 Å². The minimum atomic E-state index is 0.0264. The fourth-order valence-electron chi connectivity index (χ4n) is 2.57. The number of hydrogen-bond acceptors (Lipinski definition) is 2. The van der Waals surface area contributed by atoms with Crippen molar-refractivity contribution in [2.45, 2.75) is 24.9 Å². The molecule has 0 aromatic heterocycles. The maximum atomic E-state index is 6.13. The van der Waals surface area contributed by atoms with Crippen molar-refractivity contribution in [1.29, 1.82) is 0 Å². The van der Waals surface area contributed by atoms with Crippen molar-refractivity contribution in [2.24, 2.45) is 0 Å². The molecule has 15 heavy (non-hydrogen) atoms. The van der Waals surface area contributed by atoms with Gasteiger partial charge in [-0.1, -0.05) is 23.7 Å². The molecule has 0 amide bonds. The highest BCUT2D eigenvalue weighted by Gasteiger charge is 2.40. The van der Waals surface area contributed by atoms with Crippen molar-refractivity contribution in [3.05, 3.63) is 28.8 Å². The molecule has 1 saturated heterocycles. The minimum Gasteiger partial charge on any atom is -0.485 e. The lowest BCUT2D eigenvalue weighted by atomic mass is 9.88. The zero-order chi connectivity index (χ0) is 10.3. The topological polar surface area (TPSA) is 21.3 Å². The Hall–Kier alpha value is -0.730. The molecule has 2 aliphatic heterocycles. The van der Waals surface area contributed by atoms with E-state index < -0.39 is 0 Å². The van der Waals surface area contributed by atoms with Crippen molar-refractivity contribution in [3.8, 4) is 5.75 Å². The van der Waals surface area contributed by atoms with Crippen LogP contribution in [0.1, 0.15) is 18.4 Å². The van der Waals surface area contributed by atoms with Crippen LogP contribution >= 0.6 is 11.6 Å². The molecule has 0 unspecified atom stereocenters. The van der Waals surface area contributed by atoms with Crippen LogP contribution in [0.15, 0.2) is 18.2 Å². The van der Waals surface area contributed by atoms with E-state index in [9.17, 15) is 0 Å². The third-order valence-corrected chi connectivity index (χ3v) is 3.69. The van der Waals surface area contributed by atoms with Gasteiger partial charge in [0.1, 0.15) is 11.4 Å². The van der Waals surface area contributed by atoms with Gasteiger partial charge >= 0.3 is 0 Å². The number of benzene rings is 1. The Morgan fingerprint density at radius 2 is 2.07 bits per heavy atom. The molecule has 2 heterocycles. The number of piperidine rings is 1. The first-order valence-electron chi connectivity index (χ1n) is 5.46.